The van der Waals surface area contributed by atoms with Crippen molar-refractivity contribution in [1.29, 1.82) is 0 Å². The smallest absolute Gasteiger partial charge is 0.254 e. The molecule has 0 spiro atoms. The first kappa shape index (κ1) is 18.1. The van der Waals surface area contributed by atoms with Gasteiger partial charge in [0.15, 0.2) is 0 Å². The van der Waals surface area contributed by atoms with Crippen LogP contribution in [-0.4, -0.2) is 54.3 Å². The van der Waals surface area contributed by atoms with Crippen molar-refractivity contribution >= 4 is 23.2 Å². The van der Waals surface area contributed by atoms with Crippen LogP contribution in [0.25, 0.3) is 11.1 Å². The molecule has 0 aliphatic carbocycles. The standard InChI is InChI=1S/C22H22N4O2/c1-15-23-13-20(24-15)21-12-19(25-28-2)14-26(21)22(27)18-10-8-17(9-11-18)16-6-4-3-5-7-16/h3-11,21H,12-14H2,1-2H3/b25-19+/t21-/m0/s1. The summed E-state index contributed by atoms with van der Waals surface area (Å²) in [5, 5.41) is 4.07. The number of benzene rings is 2. The van der Waals surface area contributed by atoms with Crippen molar-refractivity contribution in [2.45, 2.75) is 19.4 Å². The van der Waals surface area contributed by atoms with E-state index in [2.05, 4.69) is 27.3 Å². The van der Waals surface area contributed by atoms with Gasteiger partial charge in [0.1, 0.15) is 12.9 Å². The second kappa shape index (κ2) is 7.76. The molecule has 0 radical (unpaired) electrons. The highest BCUT2D eigenvalue weighted by atomic mass is 16.6. The van der Waals surface area contributed by atoms with E-state index in [-0.39, 0.29) is 11.9 Å². The fourth-order valence-electron chi connectivity index (χ4n) is 3.67. The minimum atomic E-state index is -0.128. The van der Waals surface area contributed by atoms with Gasteiger partial charge in [0.25, 0.3) is 5.91 Å². The molecular formula is C22H22N4O2. The molecule has 1 saturated heterocycles. The van der Waals surface area contributed by atoms with Crippen LogP contribution in [0.3, 0.4) is 0 Å². The molecule has 6 heteroatoms. The van der Waals surface area contributed by atoms with E-state index in [1.807, 2.05) is 54.3 Å². The Morgan fingerprint density at radius 3 is 2.46 bits per heavy atom. The van der Waals surface area contributed by atoms with Crippen LogP contribution in [0.15, 0.2) is 69.7 Å². The first-order valence-corrected chi connectivity index (χ1v) is 9.29. The van der Waals surface area contributed by atoms with Crippen LogP contribution in [0.1, 0.15) is 23.7 Å². The number of oxime groups is 1. The molecule has 142 valence electrons. The molecule has 1 amide bonds. The monoisotopic (exact) mass is 374 g/mol. The van der Waals surface area contributed by atoms with E-state index in [9.17, 15) is 4.79 Å². The Hall–Kier alpha value is -3.28. The van der Waals surface area contributed by atoms with Gasteiger partial charge in [-0.15, -0.1) is 0 Å². The van der Waals surface area contributed by atoms with Crippen LogP contribution in [0, 0.1) is 0 Å². The van der Waals surface area contributed by atoms with Gasteiger partial charge in [-0.3, -0.25) is 9.79 Å². The van der Waals surface area contributed by atoms with Crippen molar-refractivity contribution in [3.8, 4) is 11.1 Å². The maximum Gasteiger partial charge on any atom is 0.254 e. The van der Waals surface area contributed by atoms with E-state index < -0.39 is 0 Å². The molecule has 4 rings (SSSR count). The summed E-state index contributed by atoms with van der Waals surface area (Å²) in [5.41, 5.74) is 4.62. The molecular weight excluding hydrogens is 352 g/mol. The normalized spacial score (nSPS) is 20.3. The average molecular weight is 374 g/mol. The number of likely N-dealkylation sites (tertiary alicyclic amines) is 1. The number of rotatable bonds is 4. The molecule has 6 nitrogen and oxygen atoms in total. The van der Waals surface area contributed by atoms with Gasteiger partial charge in [-0.2, -0.15) is 0 Å². The summed E-state index contributed by atoms with van der Waals surface area (Å²) >= 11 is 0. The summed E-state index contributed by atoms with van der Waals surface area (Å²) in [6.45, 7) is 2.85. The Morgan fingerprint density at radius 2 is 1.82 bits per heavy atom. The summed E-state index contributed by atoms with van der Waals surface area (Å²) in [7, 11) is 1.52. The molecule has 2 aromatic carbocycles. The van der Waals surface area contributed by atoms with Crippen molar-refractivity contribution in [3.63, 3.8) is 0 Å². The van der Waals surface area contributed by atoms with Crippen LogP contribution in [0.5, 0.6) is 0 Å². The highest BCUT2D eigenvalue weighted by Gasteiger charge is 2.37. The third-order valence-corrected chi connectivity index (χ3v) is 5.04. The van der Waals surface area contributed by atoms with Crippen molar-refractivity contribution in [1.82, 2.24) is 4.90 Å². The first-order valence-electron chi connectivity index (χ1n) is 9.29. The zero-order valence-electron chi connectivity index (χ0n) is 16.0. The van der Waals surface area contributed by atoms with Gasteiger partial charge in [0.2, 0.25) is 0 Å². The molecule has 0 N–H and O–H groups in total. The predicted molar refractivity (Wildman–Crippen MR) is 111 cm³/mol. The van der Waals surface area contributed by atoms with Crippen LogP contribution in [0.4, 0.5) is 0 Å². The zero-order chi connectivity index (χ0) is 19.5. The minimum Gasteiger partial charge on any atom is -0.399 e. The lowest BCUT2D eigenvalue weighted by atomic mass is 10.0. The number of amidine groups is 1. The van der Waals surface area contributed by atoms with Gasteiger partial charge in [-0.05, 0) is 30.2 Å². The number of hydrogen-bond donors (Lipinski definition) is 0. The van der Waals surface area contributed by atoms with E-state index in [4.69, 9.17) is 4.84 Å². The number of aliphatic imine (C=N–C) groups is 2. The molecule has 2 aliphatic rings. The lowest BCUT2D eigenvalue weighted by molar-refractivity contribution is 0.0774. The molecule has 0 unspecified atom stereocenters. The summed E-state index contributed by atoms with van der Waals surface area (Å²) in [6.07, 6.45) is 0.628. The first-order chi connectivity index (χ1) is 13.7. The second-order valence-corrected chi connectivity index (χ2v) is 6.90. The molecule has 0 bridgehead atoms. The Labute approximate surface area is 164 Å². The van der Waals surface area contributed by atoms with Gasteiger partial charge in [0, 0.05) is 12.0 Å². The predicted octanol–water partition coefficient (Wildman–Crippen LogP) is 3.44. The number of carbonyl (C=O) groups excluding carboxylic acids is 1. The summed E-state index contributed by atoms with van der Waals surface area (Å²) in [6, 6.07) is 17.7. The molecule has 2 heterocycles. The van der Waals surface area contributed by atoms with Crippen LogP contribution >= 0.6 is 0 Å². The fraction of sp³-hybridized carbons (Fsp3) is 0.273. The highest BCUT2D eigenvalue weighted by Crippen LogP contribution is 2.24. The van der Waals surface area contributed by atoms with E-state index >= 15 is 0 Å². The van der Waals surface area contributed by atoms with Crippen molar-refractivity contribution in [2.24, 2.45) is 15.1 Å². The molecule has 28 heavy (non-hydrogen) atoms. The summed E-state index contributed by atoms with van der Waals surface area (Å²) in [5.74, 6) is 0.727. The number of hydrogen-bond acceptors (Lipinski definition) is 5. The van der Waals surface area contributed by atoms with Crippen LogP contribution in [-0.2, 0) is 4.84 Å². The topological polar surface area (TPSA) is 66.6 Å². The lowest BCUT2D eigenvalue weighted by Gasteiger charge is -2.24. The molecule has 2 aromatic rings. The van der Waals surface area contributed by atoms with Gasteiger partial charge in [-0.25, -0.2) is 4.99 Å². The van der Waals surface area contributed by atoms with Gasteiger partial charge in [0.05, 0.1) is 30.6 Å². The maximum absolute atomic E-state index is 13.2. The SMILES string of the molecule is CO/N=C1\C[C@@H](C2=NC(C)=NC2)N(C(=O)c2ccc(-c3ccccc3)cc2)C1. The molecule has 1 atom stereocenters. The maximum atomic E-state index is 13.2. The van der Waals surface area contributed by atoms with Crippen LogP contribution < -0.4 is 0 Å². The fourth-order valence-corrected chi connectivity index (χ4v) is 3.67. The van der Waals surface area contributed by atoms with Crippen LogP contribution in [0.2, 0.25) is 0 Å². The minimum absolute atomic E-state index is 0.0295. The van der Waals surface area contributed by atoms with E-state index in [1.54, 1.807) is 0 Å². The van der Waals surface area contributed by atoms with Crippen molar-refractivity contribution in [3.05, 3.63) is 60.2 Å². The van der Waals surface area contributed by atoms with E-state index in [0.29, 0.717) is 25.1 Å². The Morgan fingerprint density at radius 1 is 1.11 bits per heavy atom. The summed E-state index contributed by atoms with van der Waals surface area (Å²) in [4.78, 5) is 28.9. The second-order valence-electron chi connectivity index (χ2n) is 6.90. The lowest BCUT2D eigenvalue weighted by Crippen LogP contribution is -2.41. The van der Waals surface area contributed by atoms with Gasteiger partial charge >= 0.3 is 0 Å². The Bertz CT molecular complexity index is 962. The number of amides is 1. The Kier molecular flexibility index (Phi) is 5.02. The molecule has 1 fully saturated rings. The highest BCUT2D eigenvalue weighted by molar-refractivity contribution is 6.12. The zero-order valence-corrected chi connectivity index (χ0v) is 16.0. The molecule has 0 saturated carbocycles. The van der Waals surface area contributed by atoms with Crippen molar-refractivity contribution in [2.75, 3.05) is 20.2 Å². The third-order valence-electron chi connectivity index (χ3n) is 5.04. The largest absolute Gasteiger partial charge is 0.399 e. The van der Waals surface area contributed by atoms with Gasteiger partial charge < -0.3 is 9.74 Å². The molecule has 0 aromatic heterocycles. The van der Waals surface area contributed by atoms with Crippen molar-refractivity contribution < 1.29 is 9.63 Å². The number of nitrogens with zero attached hydrogens (tertiary/aromatic N) is 4. The summed E-state index contributed by atoms with van der Waals surface area (Å²) < 4.78 is 0. The average Bonchev–Trinajstić information content (AvgIpc) is 3.35. The third kappa shape index (κ3) is 3.58. The number of carbonyl (C=O) groups is 1. The Balaban J connectivity index is 1.58. The molecule has 2 aliphatic heterocycles. The van der Waals surface area contributed by atoms with Gasteiger partial charge in [-0.1, -0.05) is 47.6 Å². The van der Waals surface area contributed by atoms with E-state index in [1.165, 1.54) is 7.11 Å². The quantitative estimate of drug-likeness (QED) is 0.770. The van der Waals surface area contributed by atoms with E-state index in [0.717, 1.165) is 28.4 Å².